The van der Waals surface area contributed by atoms with Crippen LogP contribution >= 0.6 is 0 Å². The average Bonchev–Trinajstić information content (AvgIpc) is 1.91. The van der Waals surface area contributed by atoms with Gasteiger partial charge in [-0.25, -0.2) is 0 Å². The van der Waals surface area contributed by atoms with E-state index in [1.54, 1.807) is 6.08 Å². The van der Waals surface area contributed by atoms with E-state index in [9.17, 15) is 0 Å². The highest BCUT2D eigenvalue weighted by Gasteiger charge is 1.98. The molecule has 0 heterocycles. The summed E-state index contributed by atoms with van der Waals surface area (Å²) < 4.78 is 0. The van der Waals surface area contributed by atoms with Gasteiger partial charge in [0.1, 0.15) is 0 Å². The van der Waals surface area contributed by atoms with E-state index < -0.39 is 0 Å². The molecule has 0 aromatic carbocycles. The van der Waals surface area contributed by atoms with Gasteiger partial charge in [-0.2, -0.15) is 0 Å². The Hall–Kier alpha value is -0.720. The first-order chi connectivity index (χ1) is 4.43. The summed E-state index contributed by atoms with van der Waals surface area (Å²) in [6.07, 6.45) is 9.99. The van der Waals surface area contributed by atoms with Gasteiger partial charge >= 0.3 is 0 Å². The first-order valence-corrected chi connectivity index (χ1v) is 3.43. The van der Waals surface area contributed by atoms with Crippen LogP contribution in [0.3, 0.4) is 0 Å². The SMILES string of the molecule is OC=CC1=CCCCC1. The number of hydrogen-bond acceptors (Lipinski definition) is 1. The van der Waals surface area contributed by atoms with Crippen LogP contribution in [0.25, 0.3) is 0 Å². The Labute approximate surface area is 55.7 Å². The monoisotopic (exact) mass is 124 g/mol. The highest BCUT2D eigenvalue weighted by molar-refractivity contribution is 5.18. The summed E-state index contributed by atoms with van der Waals surface area (Å²) in [7, 11) is 0. The van der Waals surface area contributed by atoms with Crippen LogP contribution in [0.15, 0.2) is 24.0 Å². The lowest BCUT2D eigenvalue weighted by atomic mass is 10.00. The van der Waals surface area contributed by atoms with E-state index in [4.69, 9.17) is 5.11 Å². The highest BCUT2D eigenvalue weighted by Crippen LogP contribution is 2.17. The molecule has 0 saturated carbocycles. The highest BCUT2D eigenvalue weighted by atomic mass is 16.2. The molecule has 1 N–H and O–H groups in total. The number of hydrogen-bond donors (Lipinski definition) is 1. The Bertz CT molecular complexity index is 134. The summed E-state index contributed by atoms with van der Waals surface area (Å²) in [5.41, 5.74) is 1.28. The minimum atomic E-state index is 1.12. The molecule has 0 bridgehead atoms. The van der Waals surface area contributed by atoms with E-state index >= 15 is 0 Å². The third-order valence-corrected chi connectivity index (χ3v) is 1.61. The Morgan fingerprint density at radius 1 is 1.44 bits per heavy atom. The summed E-state index contributed by atoms with van der Waals surface area (Å²) in [6, 6.07) is 0. The maximum absolute atomic E-state index is 8.40. The van der Waals surface area contributed by atoms with Gasteiger partial charge in [0, 0.05) is 0 Å². The normalized spacial score (nSPS) is 20.2. The molecule has 0 amide bonds. The zero-order valence-corrected chi connectivity index (χ0v) is 5.51. The largest absolute Gasteiger partial charge is 0.516 e. The van der Waals surface area contributed by atoms with Crippen LogP contribution in [0.5, 0.6) is 0 Å². The summed E-state index contributed by atoms with van der Waals surface area (Å²) in [6.45, 7) is 0. The number of rotatable bonds is 1. The van der Waals surface area contributed by atoms with Gasteiger partial charge in [-0.3, -0.25) is 0 Å². The van der Waals surface area contributed by atoms with Crippen LogP contribution in [0.4, 0.5) is 0 Å². The van der Waals surface area contributed by atoms with Crippen molar-refractivity contribution in [1.82, 2.24) is 0 Å². The first-order valence-electron chi connectivity index (χ1n) is 3.43. The van der Waals surface area contributed by atoms with Crippen molar-refractivity contribution in [2.24, 2.45) is 0 Å². The molecule has 0 unspecified atom stereocenters. The minimum absolute atomic E-state index is 1.12. The van der Waals surface area contributed by atoms with Crippen LogP contribution in [0, 0.1) is 0 Å². The fourth-order valence-corrected chi connectivity index (χ4v) is 1.11. The van der Waals surface area contributed by atoms with Gasteiger partial charge in [0.25, 0.3) is 0 Å². The zero-order chi connectivity index (χ0) is 6.53. The van der Waals surface area contributed by atoms with Crippen molar-refractivity contribution in [1.29, 1.82) is 0 Å². The molecule has 0 saturated heterocycles. The lowest BCUT2D eigenvalue weighted by Crippen LogP contribution is -1.87. The van der Waals surface area contributed by atoms with Gasteiger partial charge in [0.15, 0.2) is 0 Å². The first kappa shape index (κ1) is 6.40. The molecule has 1 heteroatoms. The molecule has 0 spiro atoms. The molecule has 1 aliphatic carbocycles. The van der Waals surface area contributed by atoms with Gasteiger partial charge in [-0.1, -0.05) is 6.08 Å². The van der Waals surface area contributed by atoms with Crippen molar-refractivity contribution in [2.45, 2.75) is 25.7 Å². The Morgan fingerprint density at radius 2 is 2.33 bits per heavy atom. The maximum atomic E-state index is 8.40. The van der Waals surface area contributed by atoms with Gasteiger partial charge in [-0.05, 0) is 37.3 Å². The van der Waals surface area contributed by atoms with Gasteiger partial charge in [-0.15, -0.1) is 0 Å². The van der Waals surface area contributed by atoms with E-state index in [0.29, 0.717) is 0 Å². The van der Waals surface area contributed by atoms with Gasteiger partial charge in [0.2, 0.25) is 0 Å². The molecule has 9 heavy (non-hydrogen) atoms. The predicted octanol–water partition coefficient (Wildman–Crippen LogP) is 2.56. The molecule has 0 radical (unpaired) electrons. The molecule has 0 atom stereocenters. The van der Waals surface area contributed by atoms with Crippen molar-refractivity contribution >= 4 is 0 Å². The van der Waals surface area contributed by atoms with E-state index in [1.165, 1.54) is 24.8 Å². The molecule has 1 aliphatic rings. The smallest absolute Gasteiger partial charge is 0.0794 e. The van der Waals surface area contributed by atoms with Crippen molar-refractivity contribution < 1.29 is 5.11 Å². The van der Waals surface area contributed by atoms with Crippen LogP contribution in [-0.2, 0) is 0 Å². The third kappa shape index (κ3) is 1.92. The van der Waals surface area contributed by atoms with Crippen molar-refractivity contribution in [3.05, 3.63) is 24.0 Å². The molecular weight excluding hydrogens is 112 g/mol. The Kier molecular flexibility index (Phi) is 2.37. The second kappa shape index (κ2) is 3.33. The molecule has 1 nitrogen and oxygen atoms in total. The maximum Gasteiger partial charge on any atom is 0.0794 e. The fourth-order valence-electron chi connectivity index (χ4n) is 1.11. The van der Waals surface area contributed by atoms with Crippen LogP contribution in [0.2, 0.25) is 0 Å². The summed E-state index contributed by atoms with van der Waals surface area (Å²) in [5.74, 6) is 0. The second-order valence-electron chi connectivity index (χ2n) is 2.34. The van der Waals surface area contributed by atoms with Gasteiger partial charge in [0.05, 0.1) is 6.26 Å². The molecule has 0 aliphatic heterocycles. The molecule has 1 rings (SSSR count). The fraction of sp³-hybridized carbons (Fsp3) is 0.500. The molecule has 0 aromatic heterocycles. The second-order valence-corrected chi connectivity index (χ2v) is 2.34. The molecule has 0 aromatic rings. The molecular formula is C8H12O. The predicted molar refractivity (Wildman–Crippen MR) is 38.3 cm³/mol. The molecule has 50 valence electrons. The van der Waals surface area contributed by atoms with E-state index in [0.717, 1.165) is 12.7 Å². The lowest BCUT2D eigenvalue weighted by molar-refractivity contribution is 0.472. The quantitative estimate of drug-likeness (QED) is 0.532. The minimum Gasteiger partial charge on any atom is -0.516 e. The average molecular weight is 124 g/mol. The number of aliphatic hydroxyl groups is 1. The van der Waals surface area contributed by atoms with Crippen LogP contribution in [-0.4, -0.2) is 5.11 Å². The van der Waals surface area contributed by atoms with Crippen molar-refractivity contribution in [3.8, 4) is 0 Å². The van der Waals surface area contributed by atoms with E-state index in [1.807, 2.05) is 0 Å². The Morgan fingerprint density at radius 3 is 2.89 bits per heavy atom. The Balaban J connectivity index is 2.46. The lowest BCUT2D eigenvalue weighted by Gasteiger charge is -2.06. The number of aliphatic hydroxyl groups excluding tert-OH is 1. The summed E-state index contributed by atoms with van der Waals surface area (Å²) in [5, 5.41) is 8.40. The van der Waals surface area contributed by atoms with Gasteiger partial charge < -0.3 is 5.11 Å². The summed E-state index contributed by atoms with van der Waals surface area (Å²) in [4.78, 5) is 0. The summed E-state index contributed by atoms with van der Waals surface area (Å²) >= 11 is 0. The van der Waals surface area contributed by atoms with Crippen LogP contribution in [0.1, 0.15) is 25.7 Å². The zero-order valence-electron chi connectivity index (χ0n) is 5.51. The molecule has 0 fully saturated rings. The standard InChI is InChI=1S/C8H12O/c9-7-6-8-4-2-1-3-5-8/h4,6-7,9H,1-3,5H2. The topological polar surface area (TPSA) is 20.2 Å². The number of allylic oxidation sites excluding steroid dienone is 3. The van der Waals surface area contributed by atoms with Crippen molar-refractivity contribution in [2.75, 3.05) is 0 Å². The van der Waals surface area contributed by atoms with E-state index in [-0.39, 0.29) is 0 Å². The van der Waals surface area contributed by atoms with Crippen LogP contribution < -0.4 is 0 Å². The van der Waals surface area contributed by atoms with Crippen molar-refractivity contribution in [3.63, 3.8) is 0 Å². The van der Waals surface area contributed by atoms with E-state index in [2.05, 4.69) is 6.08 Å². The third-order valence-electron chi connectivity index (χ3n) is 1.61.